The van der Waals surface area contributed by atoms with Gasteiger partial charge < -0.3 is 19.0 Å². The van der Waals surface area contributed by atoms with E-state index in [0.717, 1.165) is 6.07 Å². The number of aliphatic hydroxyl groups is 1. The van der Waals surface area contributed by atoms with Gasteiger partial charge in [-0.25, -0.2) is 4.79 Å². The lowest BCUT2D eigenvalue weighted by atomic mass is 10.2. The maximum Gasteiger partial charge on any atom is 0.374 e. The monoisotopic (exact) mass is 366 g/mol. The Hall–Kier alpha value is -1.99. The second kappa shape index (κ2) is 8.92. The normalized spacial score (nSPS) is 12.4. The highest BCUT2D eigenvalue weighted by Crippen LogP contribution is 2.24. The van der Waals surface area contributed by atoms with Gasteiger partial charge in [-0.3, -0.25) is 4.79 Å². The maximum absolute atomic E-state index is 12.4. The van der Waals surface area contributed by atoms with E-state index in [9.17, 15) is 14.7 Å². The number of carbonyl (C=O) groups is 1. The molecule has 0 aliphatic rings. The molecule has 0 amide bonds. The molecule has 1 atom stereocenters. The predicted molar refractivity (Wildman–Crippen MR) is 97.5 cm³/mol. The van der Waals surface area contributed by atoms with Gasteiger partial charge in [-0.05, 0) is 24.3 Å². The van der Waals surface area contributed by atoms with Crippen LogP contribution in [0.2, 0.25) is 0 Å². The van der Waals surface area contributed by atoms with E-state index < -0.39 is 17.5 Å². The summed E-state index contributed by atoms with van der Waals surface area (Å²) in [6.45, 7) is 6.03. The summed E-state index contributed by atoms with van der Waals surface area (Å²) in [5.74, 6) is 0.0263. The van der Waals surface area contributed by atoms with Crippen molar-refractivity contribution < 1.29 is 23.8 Å². The third kappa shape index (κ3) is 5.24. The van der Waals surface area contributed by atoms with Crippen LogP contribution in [0.1, 0.15) is 31.3 Å². The van der Waals surface area contributed by atoms with E-state index in [0.29, 0.717) is 16.8 Å². The van der Waals surface area contributed by atoms with Crippen molar-refractivity contribution in [1.29, 1.82) is 0 Å². The second-order valence-electron chi connectivity index (χ2n) is 5.67. The van der Waals surface area contributed by atoms with Gasteiger partial charge in [0, 0.05) is 11.8 Å². The van der Waals surface area contributed by atoms with Crippen LogP contribution in [-0.2, 0) is 4.74 Å². The van der Waals surface area contributed by atoms with Gasteiger partial charge in [0.25, 0.3) is 0 Å². The number of hydrogen-bond acceptors (Lipinski definition) is 7. The van der Waals surface area contributed by atoms with Crippen LogP contribution in [0.3, 0.4) is 0 Å². The fourth-order valence-corrected chi connectivity index (χ4v) is 2.84. The lowest BCUT2D eigenvalue weighted by Crippen LogP contribution is -2.21. The predicted octanol–water partition coefficient (Wildman–Crippen LogP) is 2.85. The summed E-state index contributed by atoms with van der Waals surface area (Å²) < 4.78 is 15.9. The molecule has 1 aromatic carbocycles. The van der Waals surface area contributed by atoms with Crippen molar-refractivity contribution in [2.75, 3.05) is 19.0 Å². The Morgan fingerprint density at radius 1 is 1.36 bits per heavy atom. The molecule has 0 saturated carbocycles. The van der Waals surface area contributed by atoms with Gasteiger partial charge in [-0.15, -0.1) is 0 Å². The minimum absolute atomic E-state index is 0.0674. The van der Waals surface area contributed by atoms with Gasteiger partial charge in [0.15, 0.2) is 5.43 Å². The van der Waals surface area contributed by atoms with E-state index in [2.05, 4.69) is 13.8 Å². The summed E-state index contributed by atoms with van der Waals surface area (Å²) in [5, 5.41) is 10.6. The quantitative estimate of drug-likeness (QED) is 0.719. The molecule has 6 nitrogen and oxygen atoms in total. The number of ether oxygens (including phenoxy) is 2. The third-order valence-corrected chi connectivity index (χ3v) is 4.49. The van der Waals surface area contributed by atoms with E-state index in [4.69, 9.17) is 13.9 Å². The third-order valence-electron chi connectivity index (χ3n) is 3.25. The Balaban J connectivity index is 2.21. The molecule has 1 N–H and O–H groups in total. The van der Waals surface area contributed by atoms with Crippen molar-refractivity contribution in [2.24, 2.45) is 0 Å². The first-order valence-corrected chi connectivity index (χ1v) is 9.13. The molecule has 0 aliphatic heterocycles. The van der Waals surface area contributed by atoms with Gasteiger partial charge in [0.05, 0.1) is 12.7 Å². The summed E-state index contributed by atoms with van der Waals surface area (Å²) in [6.07, 6.45) is -0.645. The Morgan fingerprint density at radius 3 is 2.80 bits per heavy atom. The van der Waals surface area contributed by atoms with Crippen LogP contribution in [-0.4, -0.2) is 41.4 Å². The van der Waals surface area contributed by atoms with E-state index in [-0.39, 0.29) is 29.9 Å². The number of rotatable bonds is 8. The molecule has 0 bridgehead atoms. The van der Waals surface area contributed by atoms with Crippen LogP contribution in [0.5, 0.6) is 5.75 Å². The number of esters is 1. The van der Waals surface area contributed by atoms with Crippen LogP contribution < -0.4 is 10.2 Å². The SMILES string of the molecule is CCOC(=O)c1cc(=O)c2c(OCC(O)CSC(C)C)cccc2o1. The van der Waals surface area contributed by atoms with Gasteiger partial charge in [0.2, 0.25) is 5.76 Å². The molecule has 2 aromatic rings. The van der Waals surface area contributed by atoms with Crippen molar-refractivity contribution in [3.05, 3.63) is 40.2 Å². The number of benzene rings is 1. The highest BCUT2D eigenvalue weighted by atomic mass is 32.2. The zero-order chi connectivity index (χ0) is 18.4. The number of aliphatic hydroxyl groups excluding tert-OH is 1. The molecular formula is C18H22O6S. The van der Waals surface area contributed by atoms with Gasteiger partial charge in [0.1, 0.15) is 23.3 Å². The summed E-state index contributed by atoms with van der Waals surface area (Å²) in [4.78, 5) is 24.1. The topological polar surface area (TPSA) is 86.0 Å². The van der Waals surface area contributed by atoms with E-state index in [1.54, 1.807) is 36.9 Å². The van der Waals surface area contributed by atoms with E-state index >= 15 is 0 Å². The summed E-state index contributed by atoms with van der Waals surface area (Å²) in [5.41, 5.74) is -0.162. The van der Waals surface area contributed by atoms with Crippen molar-refractivity contribution in [3.63, 3.8) is 0 Å². The Bertz CT molecular complexity index is 783. The average molecular weight is 366 g/mol. The van der Waals surface area contributed by atoms with Crippen LogP contribution in [0.4, 0.5) is 0 Å². The molecule has 1 aromatic heterocycles. The first-order valence-electron chi connectivity index (χ1n) is 8.08. The first kappa shape index (κ1) is 19.3. The molecular weight excluding hydrogens is 344 g/mol. The molecule has 7 heteroatoms. The molecule has 136 valence electrons. The molecule has 0 spiro atoms. The van der Waals surface area contributed by atoms with E-state index in [1.165, 1.54) is 0 Å². The van der Waals surface area contributed by atoms with Crippen LogP contribution in [0, 0.1) is 0 Å². The molecule has 0 fully saturated rings. The van der Waals surface area contributed by atoms with Crippen LogP contribution >= 0.6 is 11.8 Å². The van der Waals surface area contributed by atoms with Crippen molar-refractivity contribution in [1.82, 2.24) is 0 Å². The minimum atomic E-state index is -0.686. The summed E-state index contributed by atoms with van der Waals surface area (Å²) >= 11 is 1.63. The van der Waals surface area contributed by atoms with Crippen LogP contribution in [0.15, 0.2) is 33.5 Å². The smallest absolute Gasteiger partial charge is 0.374 e. The van der Waals surface area contributed by atoms with E-state index in [1.807, 2.05) is 0 Å². The molecule has 0 radical (unpaired) electrons. The first-order chi connectivity index (χ1) is 11.9. The number of thioether (sulfide) groups is 1. The molecule has 1 unspecified atom stereocenters. The minimum Gasteiger partial charge on any atom is -0.490 e. The fraction of sp³-hybridized carbons (Fsp3) is 0.444. The Labute approximate surface area is 150 Å². The van der Waals surface area contributed by atoms with Gasteiger partial charge in [-0.2, -0.15) is 11.8 Å². The lowest BCUT2D eigenvalue weighted by molar-refractivity contribution is 0.0490. The standard InChI is InChI=1S/C18H22O6S/c1-4-22-18(21)16-8-13(20)17-14(6-5-7-15(17)24-16)23-9-12(19)10-25-11(2)3/h5-8,11-12,19H,4,9-10H2,1-3H3. The average Bonchev–Trinajstić information content (AvgIpc) is 2.57. The van der Waals surface area contributed by atoms with Gasteiger partial charge >= 0.3 is 5.97 Å². The molecule has 2 rings (SSSR count). The van der Waals surface area contributed by atoms with Crippen molar-refractivity contribution >= 4 is 28.7 Å². The number of fused-ring (bicyclic) bond motifs is 1. The second-order valence-corrected chi connectivity index (χ2v) is 7.28. The van der Waals surface area contributed by atoms with Crippen molar-refractivity contribution in [3.8, 4) is 5.75 Å². The van der Waals surface area contributed by atoms with Crippen LogP contribution in [0.25, 0.3) is 11.0 Å². The highest BCUT2D eigenvalue weighted by Gasteiger charge is 2.16. The zero-order valence-corrected chi connectivity index (χ0v) is 15.3. The highest BCUT2D eigenvalue weighted by molar-refractivity contribution is 7.99. The Morgan fingerprint density at radius 2 is 2.12 bits per heavy atom. The zero-order valence-electron chi connectivity index (χ0n) is 14.5. The summed E-state index contributed by atoms with van der Waals surface area (Å²) in [7, 11) is 0. The Kier molecular flexibility index (Phi) is 6.90. The van der Waals surface area contributed by atoms with Crippen molar-refractivity contribution in [2.45, 2.75) is 32.1 Å². The maximum atomic E-state index is 12.4. The molecule has 0 aliphatic carbocycles. The number of carbonyl (C=O) groups excluding carboxylic acids is 1. The molecule has 0 saturated heterocycles. The largest absolute Gasteiger partial charge is 0.490 e. The molecule has 25 heavy (non-hydrogen) atoms. The fourth-order valence-electron chi connectivity index (χ4n) is 2.14. The lowest BCUT2D eigenvalue weighted by Gasteiger charge is -2.14. The summed E-state index contributed by atoms with van der Waals surface area (Å²) in [6, 6.07) is 5.96. The van der Waals surface area contributed by atoms with Gasteiger partial charge in [-0.1, -0.05) is 19.9 Å². The number of hydrogen-bond donors (Lipinski definition) is 1. The molecule has 1 heterocycles.